The average Bonchev–Trinajstić information content (AvgIpc) is 2.99. The first-order valence-electron chi connectivity index (χ1n) is 9.72. The lowest BCUT2D eigenvalue weighted by Crippen LogP contribution is -2.26. The Morgan fingerprint density at radius 1 is 1.10 bits per heavy atom. The van der Waals surface area contributed by atoms with Crippen LogP contribution >= 0.6 is 11.8 Å². The van der Waals surface area contributed by atoms with Crippen LogP contribution in [-0.4, -0.2) is 12.1 Å². The van der Waals surface area contributed by atoms with E-state index in [-0.39, 0.29) is 10.8 Å². The normalized spacial score (nSPS) is 15.4. The SMILES string of the molecule is COc1cc(C(C)C)ccc(C2Sc3ccccc3N2Cc2ccncc2)c1=O. The van der Waals surface area contributed by atoms with Crippen molar-refractivity contribution >= 4 is 17.4 Å². The van der Waals surface area contributed by atoms with Gasteiger partial charge < -0.3 is 9.64 Å². The molecule has 148 valence electrons. The Morgan fingerprint density at radius 2 is 1.86 bits per heavy atom. The molecule has 0 saturated heterocycles. The highest BCUT2D eigenvalue weighted by atomic mass is 32.2. The highest BCUT2D eigenvalue weighted by Gasteiger charge is 2.33. The maximum atomic E-state index is 13.3. The molecule has 4 nitrogen and oxygen atoms in total. The van der Waals surface area contributed by atoms with Crippen molar-refractivity contribution in [1.82, 2.24) is 4.98 Å². The zero-order chi connectivity index (χ0) is 20.4. The third kappa shape index (κ3) is 3.87. The number of fused-ring (bicyclic) bond motifs is 1. The average molecular weight is 405 g/mol. The van der Waals surface area contributed by atoms with Gasteiger partial charge in [-0.1, -0.05) is 49.9 Å². The van der Waals surface area contributed by atoms with Crippen molar-refractivity contribution < 1.29 is 4.74 Å². The van der Waals surface area contributed by atoms with E-state index in [0.29, 0.717) is 18.2 Å². The molecule has 0 N–H and O–H groups in total. The van der Waals surface area contributed by atoms with Gasteiger partial charge in [0.05, 0.1) is 12.8 Å². The fourth-order valence-electron chi connectivity index (χ4n) is 3.56. The monoisotopic (exact) mass is 404 g/mol. The summed E-state index contributed by atoms with van der Waals surface area (Å²) in [5.74, 6) is 0.707. The maximum Gasteiger partial charge on any atom is 0.226 e. The van der Waals surface area contributed by atoms with Crippen molar-refractivity contribution in [1.29, 1.82) is 0 Å². The number of para-hydroxylation sites is 1. The van der Waals surface area contributed by atoms with Crippen LogP contribution < -0.4 is 15.1 Å². The molecular formula is C24H24N2O2S. The van der Waals surface area contributed by atoms with E-state index >= 15 is 0 Å². The van der Waals surface area contributed by atoms with Gasteiger partial charge in [0.1, 0.15) is 5.37 Å². The fraction of sp³-hybridized carbons (Fsp3) is 0.250. The quantitative estimate of drug-likeness (QED) is 0.571. The molecule has 2 heterocycles. The first kappa shape index (κ1) is 19.5. The van der Waals surface area contributed by atoms with E-state index in [0.717, 1.165) is 22.4 Å². The molecule has 5 heteroatoms. The number of aromatic nitrogens is 1. The minimum Gasteiger partial charge on any atom is -0.493 e. The molecule has 0 bridgehead atoms. The molecule has 1 aromatic heterocycles. The second-order valence-corrected chi connectivity index (χ2v) is 8.53. The number of nitrogens with zero attached hydrogens (tertiary/aromatic N) is 2. The van der Waals surface area contributed by atoms with Gasteiger partial charge in [0.25, 0.3) is 0 Å². The van der Waals surface area contributed by atoms with E-state index in [4.69, 9.17) is 4.74 Å². The van der Waals surface area contributed by atoms with Gasteiger partial charge in [-0.15, -0.1) is 0 Å². The van der Waals surface area contributed by atoms with Crippen LogP contribution in [0.4, 0.5) is 5.69 Å². The highest BCUT2D eigenvalue weighted by molar-refractivity contribution is 8.00. The largest absolute Gasteiger partial charge is 0.493 e. The topological polar surface area (TPSA) is 42.4 Å². The first-order valence-corrected chi connectivity index (χ1v) is 10.6. The lowest BCUT2D eigenvalue weighted by atomic mass is 10.1. The van der Waals surface area contributed by atoms with Gasteiger partial charge >= 0.3 is 0 Å². The minimum atomic E-state index is -0.116. The number of pyridine rings is 1. The number of benzene rings is 1. The van der Waals surface area contributed by atoms with E-state index in [2.05, 4.69) is 41.9 Å². The standard InChI is InChI=1S/C24H24N2O2S/c1-16(2)18-8-9-19(23(27)21(14-18)28-3)24-26(15-17-10-12-25-13-11-17)20-6-4-5-7-22(20)29-24/h4-14,16,24H,15H2,1-3H3. The van der Waals surface area contributed by atoms with E-state index < -0.39 is 0 Å². The molecule has 4 rings (SSSR count). The number of thioether (sulfide) groups is 1. The zero-order valence-electron chi connectivity index (χ0n) is 16.8. The second-order valence-electron chi connectivity index (χ2n) is 7.41. The fourth-order valence-corrected chi connectivity index (χ4v) is 4.89. The number of anilines is 1. The molecule has 2 aromatic carbocycles. The third-order valence-corrected chi connectivity index (χ3v) is 6.52. The summed E-state index contributed by atoms with van der Waals surface area (Å²) in [4.78, 5) is 20.9. The number of hydrogen-bond donors (Lipinski definition) is 0. The second kappa shape index (κ2) is 8.29. The Balaban J connectivity index is 1.83. The number of ether oxygens (including phenoxy) is 1. The lowest BCUT2D eigenvalue weighted by Gasteiger charge is -2.26. The van der Waals surface area contributed by atoms with E-state index in [1.165, 1.54) is 4.90 Å². The molecule has 1 aliphatic rings. The number of rotatable bonds is 5. The van der Waals surface area contributed by atoms with Crippen molar-refractivity contribution in [2.75, 3.05) is 12.0 Å². The molecule has 1 aliphatic heterocycles. The van der Waals surface area contributed by atoms with Crippen LogP contribution in [0.25, 0.3) is 0 Å². The zero-order valence-corrected chi connectivity index (χ0v) is 17.6. The van der Waals surface area contributed by atoms with Gasteiger partial charge in [-0.05, 0) is 47.4 Å². The van der Waals surface area contributed by atoms with Gasteiger partial charge in [0.15, 0.2) is 5.75 Å². The molecule has 1 unspecified atom stereocenters. The van der Waals surface area contributed by atoms with Crippen LogP contribution in [0.15, 0.2) is 76.7 Å². The molecule has 0 radical (unpaired) electrons. The van der Waals surface area contributed by atoms with E-state index in [1.807, 2.05) is 36.4 Å². The summed E-state index contributed by atoms with van der Waals surface area (Å²) >= 11 is 1.71. The Hall–Kier alpha value is -2.79. The van der Waals surface area contributed by atoms with Crippen molar-refractivity contribution in [3.05, 3.63) is 93.9 Å². The van der Waals surface area contributed by atoms with Crippen LogP contribution in [0.5, 0.6) is 5.75 Å². The highest BCUT2D eigenvalue weighted by Crippen LogP contribution is 2.51. The van der Waals surface area contributed by atoms with Crippen LogP contribution in [0.2, 0.25) is 0 Å². The summed E-state index contributed by atoms with van der Waals surface area (Å²) in [5.41, 5.74) is 4.08. The molecule has 0 saturated carbocycles. The summed E-state index contributed by atoms with van der Waals surface area (Å²) in [7, 11) is 1.57. The molecule has 0 fully saturated rings. The summed E-state index contributed by atoms with van der Waals surface area (Å²) in [6, 6.07) is 18.3. The van der Waals surface area contributed by atoms with E-state index in [9.17, 15) is 4.79 Å². The van der Waals surface area contributed by atoms with Gasteiger partial charge in [0, 0.05) is 29.4 Å². The van der Waals surface area contributed by atoms with Gasteiger partial charge in [0.2, 0.25) is 5.43 Å². The molecule has 1 atom stereocenters. The van der Waals surface area contributed by atoms with Crippen LogP contribution in [0.3, 0.4) is 0 Å². The molecule has 0 spiro atoms. The van der Waals surface area contributed by atoms with Gasteiger partial charge in [-0.25, -0.2) is 0 Å². The van der Waals surface area contributed by atoms with Crippen LogP contribution in [-0.2, 0) is 6.54 Å². The van der Waals surface area contributed by atoms with Crippen molar-refractivity contribution in [3.8, 4) is 5.75 Å². The number of methoxy groups -OCH3 is 1. The first-order chi connectivity index (χ1) is 14.1. The summed E-state index contributed by atoms with van der Waals surface area (Å²) in [5, 5.41) is -0.116. The molecule has 0 aliphatic carbocycles. The predicted octanol–water partition coefficient (Wildman–Crippen LogP) is 5.38. The summed E-state index contributed by atoms with van der Waals surface area (Å²) in [6.07, 6.45) is 3.61. The smallest absolute Gasteiger partial charge is 0.226 e. The molecular weight excluding hydrogens is 380 g/mol. The Bertz CT molecular complexity index is 1070. The lowest BCUT2D eigenvalue weighted by molar-refractivity contribution is 0.410. The molecule has 3 aromatic rings. The minimum absolute atomic E-state index is 0.0514. The van der Waals surface area contributed by atoms with Crippen molar-refractivity contribution in [2.45, 2.75) is 36.6 Å². The van der Waals surface area contributed by atoms with E-state index in [1.54, 1.807) is 31.3 Å². The third-order valence-electron chi connectivity index (χ3n) is 5.19. The molecule has 29 heavy (non-hydrogen) atoms. The summed E-state index contributed by atoms with van der Waals surface area (Å²) in [6.45, 7) is 4.94. The maximum absolute atomic E-state index is 13.3. The van der Waals surface area contributed by atoms with Crippen LogP contribution in [0, 0.1) is 0 Å². The van der Waals surface area contributed by atoms with Crippen molar-refractivity contribution in [2.24, 2.45) is 0 Å². The van der Waals surface area contributed by atoms with Gasteiger partial charge in [-0.2, -0.15) is 0 Å². The number of hydrogen-bond acceptors (Lipinski definition) is 5. The van der Waals surface area contributed by atoms with Crippen LogP contribution in [0.1, 0.15) is 41.8 Å². The Morgan fingerprint density at radius 3 is 2.59 bits per heavy atom. The summed E-state index contributed by atoms with van der Waals surface area (Å²) < 4.78 is 5.48. The van der Waals surface area contributed by atoms with Crippen molar-refractivity contribution in [3.63, 3.8) is 0 Å². The Kier molecular flexibility index (Phi) is 5.58. The molecule has 0 amide bonds. The predicted molar refractivity (Wildman–Crippen MR) is 119 cm³/mol. The van der Waals surface area contributed by atoms with Gasteiger partial charge in [-0.3, -0.25) is 9.78 Å². The Labute approximate surface area is 175 Å².